The molecule has 0 aliphatic rings. The normalized spacial score (nSPS) is 16.4. The molecule has 0 amide bonds. The largest absolute Gasteiger partial charge is 0.491 e. The summed E-state index contributed by atoms with van der Waals surface area (Å²) in [6, 6.07) is 4.59. The van der Waals surface area contributed by atoms with Crippen molar-refractivity contribution in [3.05, 3.63) is 29.6 Å². The van der Waals surface area contributed by atoms with Gasteiger partial charge in [0.25, 0.3) is 0 Å². The van der Waals surface area contributed by atoms with Crippen LogP contribution in [0.15, 0.2) is 18.2 Å². The van der Waals surface area contributed by atoms with Crippen LogP contribution in [0.25, 0.3) is 0 Å². The van der Waals surface area contributed by atoms with E-state index in [4.69, 9.17) is 10.5 Å². The molecule has 0 aliphatic carbocycles. The summed E-state index contributed by atoms with van der Waals surface area (Å²) in [5.41, 5.74) is 5.04. The number of ether oxygens (including phenoxy) is 1. The fourth-order valence-electron chi connectivity index (χ4n) is 1.67. The van der Waals surface area contributed by atoms with Gasteiger partial charge in [-0.15, -0.1) is 0 Å². The molecular formula is C13H20FNO2. The smallest absolute Gasteiger partial charge is 0.126 e. The Labute approximate surface area is 101 Å². The number of aliphatic hydroxyl groups is 1. The molecular weight excluding hydrogens is 221 g/mol. The van der Waals surface area contributed by atoms with Gasteiger partial charge in [-0.1, -0.05) is 0 Å². The summed E-state index contributed by atoms with van der Waals surface area (Å²) in [5, 5.41) is 9.81. The first-order chi connectivity index (χ1) is 7.84. The zero-order chi connectivity index (χ0) is 13.1. The Morgan fingerprint density at radius 1 is 1.53 bits per heavy atom. The van der Waals surface area contributed by atoms with E-state index in [-0.39, 0.29) is 18.5 Å². The van der Waals surface area contributed by atoms with Gasteiger partial charge in [0.2, 0.25) is 0 Å². The van der Waals surface area contributed by atoms with Crippen molar-refractivity contribution < 1.29 is 14.2 Å². The third-order valence-corrected chi connectivity index (χ3v) is 2.63. The molecule has 1 aromatic carbocycles. The first-order valence-corrected chi connectivity index (χ1v) is 5.69. The molecule has 17 heavy (non-hydrogen) atoms. The average molecular weight is 241 g/mol. The van der Waals surface area contributed by atoms with Gasteiger partial charge in [-0.05, 0) is 44.5 Å². The molecule has 0 heterocycles. The highest BCUT2D eigenvalue weighted by Crippen LogP contribution is 2.20. The summed E-state index contributed by atoms with van der Waals surface area (Å²) in [6.45, 7) is 5.39. The average Bonchev–Trinajstić information content (AvgIpc) is 2.23. The molecule has 0 saturated heterocycles. The van der Waals surface area contributed by atoms with Crippen molar-refractivity contribution >= 4 is 0 Å². The highest BCUT2D eigenvalue weighted by molar-refractivity contribution is 5.29. The predicted octanol–water partition coefficient (Wildman–Crippen LogP) is 2.00. The lowest BCUT2D eigenvalue weighted by Gasteiger charge is -2.25. The molecule has 0 aliphatic heterocycles. The third kappa shape index (κ3) is 4.32. The maximum atomic E-state index is 13.0. The second kappa shape index (κ2) is 5.47. The summed E-state index contributed by atoms with van der Waals surface area (Å²) < 4.78 is 18.7. The van der Waals surface area contributed by atoms with E-state index >= 15 is 0 Å². The van der Waals surface area contributed by atoms with Crippen molar-refractivity contribution in [2.24, 2.45) is 5.73 Å². The van der Waals surface area contributed by atoms with Crippen molar-refractivity contribution in [3.8, 4) is 5.75 Å². The van der Waals surface area contributed by atoms with Gasteiger partial charge in [0.05, 0.1) is 11.7 Å². The third-order valence-electron chi connectivity index (χ3n) is 2.63. The maximum Gasteiger partial charge on any atom is 0.126 e. The van der Waals surface area contributed by atoms with Crippen LogP contribution in [0.2, 0.25) is 0 Å². The molecule has 0 bridgehead atoms. The molecule has 0 aromatic heterocycles. The number of nitrogens with two attached hydrogens (primary N) is 1. The van der Waals surface area contributed by atoms with Gasteiger partial charge in [-0.25, -0.2) is 4.39 Å². The number of rotatable bonds is 5. The van der Waals surface area contributed by atoms with Crippen LogP contribution in [-0.2, 0) is 0 Å². The standard InChI is InChI=1S/C13H20FNO2/c1-9-6-11(4-5-12(9)14)17-10(2)7-13(3,16)8-15/h4-6,10,16H,7-8,15H2,1-3H3. The van der Waals surface area contributed by atoms with E-state index in [1.54, 1.807) is 26.0 Å². The SMILES string of the molecule is Cc1cc(OC(C)CC(C)(O)CN)ccc1F. The lowest BCUT2D eigenvalue weighted by atomic mass is 9.99. The second-order valence-corrected chi connectivity index (χ2v) is 4.74. The summed E-state index contributed by atoms with van der Waals surface area (Å²) in [5.74, 6) is 0.350. The van der Waals surface area contributed by atoms with Crippen molar-refractivity contribution in [1.29, 1.82) is 0 Å². The van der Waals surface area contributed by atoms with Crippen molar-refractivity contribution in [3.63, 3.8) is 0 Å². The van der Waals surface area contributed by atoms with E-state index in [0.717, 1.165) is 0 Å². The van der Waals surface area contributed by atoms with Gasteiger partial charge in [0.15, 0.2) is 0 Å². The Morgan fingerprint density at radius 3 is 2.71 bits per heavy atom. The minimum atomic E-state index is -0.936. The van der Waals surface area contributed by atoms with Crippen molar-refractivity contribution in [2.75, 3.05) is 6.54 Å². The number of benzene rings is 1. The van der Waals surface area contributed by atoms with Gasteiger partial charge >= 0.3 is 0 Å². The molecule has 0 radical (unpaired) electrons. The van der Waals surface area contributed by atoms with Crippen molar-refractivity contribution in [2.45, 2.75) is 38.9 Å². The van der Waals surface area contributed by atoms with Gasteiger partial charge in [-0.3, -0.25) is 0 Å². The minimum Gasteiger partial charge on any atom is -0.491 e. The van der Waals surface area contributed by atoms with Crippen LogP contribution in [-0.4, -0.2) is 23.4 Å². The van der Waals surface area contributed by atoms with Crippen LogP contribution in [0.3, 0.4) is 0 Å². The summed E-state index contributed by atoms with van der Waals surface area (Å²) in [6.07, 6.45) is 0.248. The molecule has 3 nitrogen and oxygen atoms in total. The van der Waals surface area contributed by atoms with E-state index < -0.39 is 5.60 Å². The number of halogens is 1. The number of hydrogen-bond acceptors (Lipinski definition) is 3. The zero-order valence-electron chi connectivity index (χ0n) is 10.5. The zero-order valence-corrected chi connectivity index (χ0v) is 10.5. The highest BCUT2D eigenvalue weighted by atomic mass is 19.1. The van der Waals surface area contributed by atoms with Gasteiger partial charge in [0.1, 0.15) is 11.6 Å². The van der Waals surface area contributed by atoms with E-state index in [9.17, 15) is 9.50 Å². The second-order valence-electron chi connectivity index (χ2n) is 4.74. The minimum absolute atomic E-state index is 0.182. The van der Waals surface area contributed by atoms with Crippen LogP contribution < -0.4 is 10.5 Å². The Hall–Kier alpha value is -1.13. The first-order valence-electron chi connectivity index (χ1n) is 5.69. The number of aryl methyl sites for hydroxylation is 1. The van der Waals surface area contributed by atoms with Gasteiger partial charge in [-0.2, -0.15) is 0 Å². The molecule has 1 aromatic rings. The van der Waals surface area contributed by atoms with E-state index in [0.29, 0.717) is 17.7 Å². The monoisotopic (exact) mass is 241 g/mol. The molecule has 0 spiro atoms. The molecule has 0 fully saturated rings. The Kier molecular flexibility index (Phi) is 4.48. The van der Waals surface area contributed by atoms with Gasteiger partial charge in [0, 0.05) is 13.0 Å². The quantitative estimate of drug-likeness (QED) is 0.829. The summed E-state index contributed by atoms with van der Waals surface area (Å²) in [7, 11) is 0. The fraction of sp³-hybridized carbons (Fsp3) is 0.538. The number of hydrogen-bond donors (Lipinski definition) is 2. The lowest BCUT2D eigenvalue weighted by molar-refractivity contribution is 0.0237. The fourth-order valence-corrected chi connectivity index (χ4v) is 1.67. The Morgan fingerprint density at radius 2 is 2.18 bits per heavy atom. The van der Waals surface area contributed by atoms with Crippen LogP contribution in [0, 0.1) is 12.7 Å². The Bertz CT molecular complexity index is 380. The molecule has 2 unspecified atom stereocenters. The Balaban J connectivity index is 2.62. The van der Waals surface area contributed by atoms with E-state index in [1.807, 2.05) is 6.92 Å². The van der Waals surface area contributed by atoms with Gasteiger partial charge < -0.3 is 15.6 Å². The first kappa shape index (κ1) is 13.9. The molecule has 1 rings (SSSR count). The topological polar surface area (TPSA) is 55.5 Å². The summed E-state index contributed by atoms with van der Waals surface area (Å²) >= 11 is 0. The van der Waals surface area contributed by atoms with E-state index in [1.165, 1.54) is 6.07 Å². The van der Waals surface area contributed by atoms with E-state index in [2.05, 4.69) is 0 Å². The lowest BCUT2D eigenvalue weighted by Crippen LogP contribution is -2.38. The summed E-state index contributed by atoms with van der Waals surface area (Å²) in [4.78, 5) is 0. The maximum absolute atomic E-state index is 13.0. The molecule has 4 heteroatoms. The van der Waals surface area contributed by atoms with Crippen LogP contribution in [0.4, 0.5) is 4.39 Å². The predicted molar refractivity (Wildman–Crippen MR) is 65.5 cm³/mol. The van der Waals surface area contributed by atoms with Crippen LogP contribution in [0.1, 0.15) is 25.8 Å². The molecule has 96 valence electrons. The molecule has 3 N–H and O–H groups in total. The van der Waals surface area contributed by atoms with Crippen LogP contribution >= 0.6 is 0 Å². The highest BCUT2D eigenvalue weighted by Gasteiger charge is 2.22. The van der Waals surface area contributed by atoms with Crippen molar-refractivity contribution in [1.82, 2.24) is 0 Å². The van der Waals surface area contributed by atoms with Crippen LogP contribution in [0.5, 0.6) is 5.75 Å². The molecule has 2 atom stereocenters. The molecule has 0 saturated carbocycles.